The van der Waals surface area contributed by atoms with Gasteiger partial charge in [-0.2, -0.15) is 5.10 Å². The second-order valence-corrected chi connectivity index (χ2v) is 5.66. The van der Waals surface area contributed by atoms with Crippen molar-refractivity contribution in [1.29, 1.82) is 0 Å². The van der Waals surface area contributed by atoms with Gasteiger partial charge in [0.1, 0.15) is 6.54 Å². The maximum atomic E-state index is 12.0. The van der Waals surface area contributed by atoms with Gasteiger partial charge in [-0.1, -0.05) is 11.6 Å². The van der Waals surface area contributed by atoms with E-state index in [0.717, 1.165) is 10.2 Å². The molecule has 1 heterocycles. The van der Waals surface area contributed by atoms with E-state index in [1.54, 1.807) is 29.8 Å². The molecule has 0 saturated heterocycles. The van der Waals surface area contributed by atoms with Gasteiger partial charge in [0.25, 0.3) is 0 Å². The molecule has 0 aliphatic heterocycles. The van der Waals surface area contributed by atoms with Gasteiger partial charge in [0.05, 0.1) is 22.1 Å². The molecule has 0 aliphatic rings. The summed E-state index contributed by atoms with van der Waals surface area (Å²) >= 11 is 9.40. The number of amides is 1. The van der Waals surface area contributed by atoms with Crippen molar-refractivity contribution in [1.82, 2.24) is 9.78 Å². The number of nitrogens with zero attached hydrogens (tertiary/aromatic N) is 2. The zero-order valence-electron chi connectivity index (χ0n) is 11.1. The van der Waals surface area contributed by atoms with Crippen LogP contribution >= 0.6 is 27.5 Å². The first-order valence-corrected chi connectivity index (χ1v) is 7.10. The standard InChI is InChI=1S/C13H14BrClN4O/c1-7-13(15)8(2)19(18-7)6-12(20)17-11-4-3-9(16)5-10(11)14/h3-5H,6,16H2,1-2H3,(H,17,20). The van der Waals surface area contributed by atoms with Crippen LogP contribution in [0.4, 0.5) is 11.4 Å². The topological polar surface area (TPSA) is 72.9 Å². The Morgan fingerprint density at radius 1 is 1.50 bits per heavy atom. The molecule has 3 N–H and O–H groups in total. The molecule has 0 unspecified atom stereocenters. The van der Waals surface area contributed by atoms with Gasteiger partial charge < -0.3 is 11.1 Å². The molecular weight excluding hydrogens is 344 g/mol. The van der Waals surface area contributed by atoms with E-state index < -0.39 is 0 Å². The molecule has 0 atom stereocenters. The zero-order chi connectivity index (χ0) is 14.9. The van der Waals surface area contributed by atoms with Crippen LogP contribution < -0.4 is 11.1 Å². The summed E-state index contributed by atoms with van der Waals surface area (Å²) in [4.78, 5) is 12.0. The molecule has 1 aromatic carbocycles. The van der Waals surface area contributed by atoms with Crippen molar-refractivity contribution in [3.63, 3.8) is 0 Å². The number of hydrogen-bond acceptors (Lipinski definition) is 3. The monoisotopic (exact) mass is 356 g/mol. The predicted molar refractivity (Wildman–Crippen MR) is 83.9 cm³/mol. The Balaban J connectivity index is 2.11. The first-order valence-electron chi connectivity index (χ1n) is 5.93. The van der Waals surface area contributed by atoms with E-state index in [4.69, 9.17) is 17.3 Å². The third-order valence-electron chi connectivity index (χ3n) is 2.85. The smallest absolute Gasteiger partial charge is 0.246 e. The number of aromatic nitrogens is 2. The summed E-state index contributed by atoms with van der Waals surface area (Å²) in [6.07, 6.45) is 0. The minimum Gasteiger partial charge on any atom is -0.399 e. The van der Waals surface area contributed by atoms with Crippen LogP contribution in [0, 0.1) is 13.8 Å². The Bertz CT molecular complexity index is 669. The average molecular weight is 358 g/mol. The highest BCUT2D eigenvalue weighted by Gasteiger charge is 2.13. The molecule has 0 aliphatic carbocycles. The van der Waals surface area contributed by atoms with Crippen molar-refractivity contribution in [2.24, 2.45) is 0 Å². The predicted octanol–water partition coefficient (Wildman–Crippen LogP) is 3.14. The molecule has 0 fully saturated rings. The van der Waals surface area contributed by atoms with Crippen LogP contribution in [0.2, 0.25) is 5.02 Å². The van der Waals surface area contributed by atoms with Gasteiger partial charge >= 0.3 is 0 Å². The Labute approximate surface area is 130 Å². The van der Waals surface area contributed by atoms with Gasteiger partial charge in [-0.3, -0.25) is 9.48 Å². The second kappa shape index (κ2) is 5.85. The molecule has 2 aromatic rings. The van der Waals surface area contributed by atoms with Gasteiger partial charge in [0.15, 0.2) is 0 Å². The second-order valence-electron chi connectivity index (χ2n) is 4.43. The van der Waals surface area contributed by atoms with E-state index >= 15 is 0 Å². The first kappa shape index (κ1) is 14.9. The SMILES string of the molecule is Cc1nn(CC(=O)Nc2ccc(N)cc2Br)c(C)c1Cl. The van der Waals surface area contributed by atoms with Crippen LogP contribution in [0.15, 0.2) is 22.7 Å². The largest absolute Gasteiger partial charge is 0.399 e. The number of benzene rings is 1. The number of carbonyl (C=O) groups is 1. The van der Waals surface area contributed by atoms with Gasteiger partial charge in [-0.25, -0.2) is 0 Å². The molecular formula is C13H14BrClN4O. The van der Waals surface area contributed by atoms with Crippen LogP contribution in [0.25, 0.3) is 0 Å². The maximum absolute atomic E-state index is 12.0. The van der Waals surface area contributed by atoms with E-state index in [2.05, 4.69) is 26.3 Å². The number of hydrogen-bond donors (Lipinski definition) is 2. The van der Waals surface area contributed by atoms with Crippen molar-refractivity contribution < 1.29 is 4.79 Å². The van der Waals surface area contributed by atoms with Crippen LogP contribution in [-0.2, 0) is 11.3 Å². The summed E-state index contributed by atoms with van der Waals surface area (Å²) in [5.74, 6) is -0.183. The van der Waals surface area contributed by atoms with Gasteiger partial charge in [0.2, 0.25) is 5.91 Å². The molecule has 5 nitrogen and oxygen atoms in total. The number of aryl methyl sites for hydroxylation is 1. The molecule has 20 heavy (non-hydrogen) atoms. The van der Waals surface area contributed by atoms with Gasteiger partial charge in [-0.15, -0.1) is 0 Å². The highest BCUT2D eigenvalue weighted by molar-refractivity contribution is 9.10. The minimum atomic E-state index is -0.183. The Morgan fingerprint density at radius 3 is 2.75 bits per heavy atom. The number of nitrogens with one attached hydrogen (secondary N) is 1. The van der Waals surface area contributed by atoms with Crippen LogP contribution in [0.3, 0.4) is 0 Å². The third kappa shape index (κ3) is 3.13. The van der Waals surface area contributed by atoms with E-state index in [-0.39, 0.29) is 12.5 Å². The highest BCUT2D eigenvalue weighted by atomic mass is 79.9. The van der Waals surface area contributed by atoms with E-state index in [1.165, 1.54) is 0 Å². The molecule has 0 spiro atoms. The van der Waals surface area contributed by atoms with Crippen molar-refractivity contribution in [2.75, 3.05) is 11.1 Å². The van der Waals surface area contributed by atoms with Crippen molar-refractivity contribution in [2.45, 2.75) is 20.4 Å². The molecule has 7 heteroatoms. The van der Waals surface area contributed by atoms with Gasteiger partial charge in [0, 0.05) is 10.2 Å². The number of carbonyl (C=O) groups excluding carboxylic acids is 1. The van der Waals surface area contributed by atoms with E-state index in [1.807, 2.05) is 6.92 Å². The lowest BCUT2D eigenvalue weighted by Gasteiger charge is -2.09. The third-order valence-corrected chi connectivity index (χ3v) is 4.06. The summed E-state index contributed by atoms with van der Waals surface area (Å²) in [5, 5.41) is 7.61. The summed E-state index contributed by atoms with van der Waals surface area (Å²) < 4.78 is 2.32. The molecule has 0 bridgehead atoms. The lowest BCUT2D eigenvalue weighted by Crippen LogP contribution is -2.20. The van der Waals surface area contributed by atoms with Crippen molar-refractivity contribution >= 4 is 44.8 Å². The summed E-state index contributed by atoms with van der Waals surface area (Å²) in [6, 6.07) is 5.20. The lowest BCUT2D eigenvalue weighted by molar-refractivity contribution is -0.116. The van der Waals surface area contributed by atoms with Crippen LogP contribution in [-0.4, -0.2) is 15.7 Å². The quantitative estimate of drug-likeness (QED) is 0.829. The normalized spacial score (nSPS) is 10.6. The fourth-order valence-electron chi connectivity index (χ4n) is 1.79. The fraction of sp³-hybridized carbons (Fsp3) is 0.231. The highest BCUT2D eigenvalue weighted by Crippen LogP contribution is 2.25. The molecule has 2 rings (SSSR count). The number of nitrogens with two attached hydrogens (primary N) is 1. The summed E-state index contributed by atoms with van der Waals surface area (Å²) in [6.45, 7) is 3.74. The van der Waals surface area contributed by atoms with Crippen LogP contribution in [0.5, 0.6) is 0 Å². The van der Waals surface area contributed by atoms with Crippen molar-refractivity contribution in [3.8, 4) is 0 Å². The Hall–Kier alpha value is -1.53. The first-order chi connectivity index (χ1) is 9.38. The minimum absolute atomic E-state index is 0.107. The maximum Gasteiger partial charge on any atom is 0.246 e. The molecule has 1 amide bonds. The zero-order valence-corrected chi connectivity index (χ0v) is 13.4. The number of halogens is 2. The summed E-state index contributed by atoms with van der Waals surface area (Å²) in [7, 11) is 0. The molecule has 0 saturated carbocycles. The van der Waals surface area contributed by atoms with Gasteiger partial charge in [-0.05, 0) is 48.0 Å². The molecule has 0 radical (unpaired) electrons. The summed E-state index contributed by atoms with van der Waals surface area (Å²) in [5.41, 5.74) is 8.43. The van der Waals surface area contributed by atoms with E-state index in [9.17, 15) is 4.79 Å². The number of anilines is 2. The Morgan fingerprint density at radius 2 is 2.20 bits per heavy atom. The molecule has 106 valence electrons. The van der Waals surface area contributed by atoms with E-state index in [0.29, 0.717) is 22.1 Å². The molecule has 1 aromatic heterocycles. The number of nitrogen functional groups attached to an aromatic ring is 1. The fourth-order valence-corrected chi connectivity index (χ4v) is 2.42. The van der Waals surface area contributed by atoms with Crippen LogP contribution in [0.1, 0.15) is 11.4 Å². The Kier molecular flexibility index (Phi) is 4.35. The number of rotatable bonds is 3. The average Bonchev–Trinajstić information content (AvgIpc) is 2.61. The van der Waals surface area contributed by atoms with Crippen molar-refractivity contribution in [3.05, 3.63) is 39.1 Å². The lowest BCUT2D eigenvalue weighted by atomic mass is 10.3.